The van der Waals surface area contributed by atoms with Crippen molar-refractivity contribution >= 4 is 5.69 Å². The fourth-order valence-electron chi connectivity index (χ4n) is 2.65. The van der Waals surface area contributed by atoms with Gasteiger partial charge >= 0.3 is 0 Å². The first kappa shape index (κ1) is 12.4. The largest absolute Gasteiger partial charge is 0.366 e. The van der Waals surface area contributed by atoms with Crippen LogP contribution in [0.5, 0.6) is 0 Å². The third-order valence-electron chi connectivity index (χ3n) is 3.58. The van der Waals surface area contributed by atoms with Crippen LogP contribution in [-0.2, 0) is 7.05 Å². The zero-order valence-electron chi connectivity index (χ0n) is 11.2. The summed E-state index contributed by atoms with van der Waals surface area (Å²) in [5.41, 5.74) is 1.26. The highest BCUT2D eigenvalue weighted by molar-refractivity contribution is 5.44. The van der Waals surface area contributed by atoms with Crippen LogP contribution >= 0.6 is 0 Å². The van der Waals surface area contributed by atoms with Crippen LogP contribution in [-0.4, -0.2) is 35.0 Å². The highest BCUT2D eigenvalue weighted by Gasteiger charge is 2.25. The van der Waals surface area contributed by atoms with Gasteiger partial charge in [0.2, 0.25) is 0 Å². The molecule has 96 valence electrons. The Bertz CT molecular complexity index is 347. The molecule has 17 heavy (non-hydrogen) atoms. The summed E-state index contributed by atoms with van der Waals surface area (Å²) in [4.78, 5) is 2.47. The van der Waals surface area contributed by atoms with Crippen LogP contribution in [0.25, 0.3) is 0 Å². The number of nitrogens with zero attached hydrogens (tertiary/aromatic N) is 3. The Labute approximate surface area is 104 Å². The number of nitrogens with one attached hydrogen (secondary N) is 1. The number of anilines is 1. The second-order valence-electron chi connectivity index (χ2n) is 5.09. The van der Waals surface area contributed by atoms with Gasteiger partial charge in [0, 0.05) is 31.9 Å². The maximum atomic E-state index is 4.25. The fourth-order valence-corrected chi connectivity index (χ4v) is 2.65. The first-order valence-corrected chi connectivity index (χ1v) is 6.69. The summed E-state index contributed by atoms with van der Waals surface area (Å²) >= 11 is 0. The van der Waals surface area contributed by atoms with Crippen molar-refractivity contribution in [2.45, 2.75) is 45.2 Å². The Morgan fingerprint density at radius 2 is 2.35 bits per heavy atom. The van der Waals surface area contributed by atoms with Gasteiger partial charge in [0.25, 0.3) is 0 Å². The van der Waals surface area contributed by atoms with Gasteiger partial charge in [-0.15, -0.1) is 0 Å². The summed E-state index contributed by atoms with van der Waals surface area (Å²) in [7, 11) is 1.98. The first-order chi connectivity index (χ1) is 8.20. The van der Waals surface area contributed by atoms with Gasteiger partial charge in [-0.3, -0.25) is 4.68 Å². The average Bonchev–Trinajstić information content (AvgIpc) is 2.73. The third-order valence-corrected chi connectivity index (χ3v) is 3.58. The van der Waals surface area contributed by atoms with Crippen molar-refractivity contribution in [3.8, 4) is 0 Å². The molecule has 0 bridgehead atoms. The molecular formula is C13H24N4. The van der Waals surface area contributed by atoms with Crippen molar-refractivity contribution < 1.29 is 0 Å². The van der Waals surface area contributed by atoms with E-state index in [-0.39, 0.29) is 0 Å². The fraction of sp³-hybridized carbons (Fsp3) is 0.769. The molecule has 4 heteroatoms. The molecule has 0 amide bonds. The molecule has 0 saturated carbocycles. The van der Waals surface area contributed by atoms with Gasteiger partial charge in [0.05, 0.1) is 11.9 Å². The van der Waals surface area contributed by atoms with E-state index in [0.29, 0.717) is 12.1 Å². The number of hydrogen-bond acceptors (Lipinski definition) is 3. The van der Waals surface area contributed by atoms with E-state index in [1.54, 1.807) is 0 Å². The summed E-state index contributed by atoms with van der Waals surface area (Å²) in [6.07, 6.45) is 7.76. The van der Waals surface area contributed by atoms with Crippen LogP contribution in [0.15, 0.2) is 12.4 Å². The van der Waals surface area contributed by atoms with Crippen molar-refractivity contribution in [3.63, 3.8) is 0 Å². The predicted octanol–water partition coefficient (Wildman–Crippen LogP) is 1.78. The van der Waals surface area contributed by atoms with Crippen LogP contribution in [0, 0.1) is 0 Å². The molecule has 1 N–H and O–H groups in total. The minimum absolute atomic E-state index is 0.599. The quantitative estimate of drug-likeness (QED) is 0.865. The Morgan fingerprint density at radius 1 is 1.53 bits per heavy atom. The van der Waals surface area contributed by atoms with Crippen LogP contribution in [0.3, 0.4) is 0 Å². The molecule has 0 aromatic carbocycles. The summed E-state index contributed by atoms with van der Waals surface area (Å²) in [6.45, 7) is 6.81. The lowest BCUT2D eigenvalue weighted by Crippen LogP contribution is -2.47. The number of rotatable bonds is 4. The average molecular weight is 236 g/mol. The number of aryl methyl sites for hydroxylation is 1. The summed E-state index contributed by atoms with van der Waals surface area (Å²) in [5, 5.41) is 7.89. The van der Waals surface area contributed by atoms with E-state index in [1.165, 1.54) is 24.9 Å². The van der Waals surface area contributed by atoms with E-state index >= 15 is 0 Å². The second kappa shape index (κ2) is 5.54. The van der Waals surface area contributed by atoms with Crippen molar-refractivity contribution in [1.82, 2.24) is 15.1 Å². The molecule has 2 heterocycles. The highest BCUT2D eigenvalue weighted by Crippen LogP contribution is 2.24. The molecule has 1 aromatic heterocycles. The van der Waals surface area contributed by atoms with Crippen LogP contribution in [0.1, 0.15) is 33.1 Å². The van der Waals surface area contributed by atoms with E-state index in [9.17, 15) is 0 Å². The minimum Gasteiger partial charge on any atom is -0.366 e. The van der Waals surface area contributed by atoms with E-state index in [4.69, 9.17) is 0 Å². The van der Waals surface area contributed by atoms with Gasteiger partial charge in [0.15, 0.2) is 0 Å². The van der Waals surface area contributed by atoms with E-state index < -0.39 is 0 Å². The summed E-state index contributed by atoms with van der Waals surface area (Å²) < 4.78 is 1.88. The molecule has 0 spiro atoms. The molecule has 1 aliphatic rings. The third kappa shape index (κ3) is 3.00. The molecule has 2 unspecified atom stereocenters. The maximum Gasteiger partial charge on any atom is 0.0754 e. The van der Waals surface area contributed by atoms with Gasteiger partial charge in [0.1, 0.15) is 0 Å². The van der Waals surface area contributed by atoms with Crippen molar-refractivity contribution in [2.24, 2.45) is 7.05 Å². The minimum atomic E-state index is 0.599. The molecule has 1 aromatic rings. The van der Waals surface area contributed by atoms with Gasteiger partial charge < -0.3 is 10.2 Å². The van der Waals surface area contributed by atoms with E-state index in [2.05, 4.69) is 35.4 Å². The lowest BCUT2D eigenvalue weighted by molar-refractivity contribution is 0.369. The molecule has 1 fully saturated rings. The Morgan fingerprint density at radius 3 is 2.94 bits per heavy atom. The molecule has 2 rings (SSSR count). The molecule has 4 nitrogen and oxygen atoms in total. The summed E-state index contributed by atoms with van der Waals surface area (Å²) in [6, 6.07) is 1.29. The molecular weight excluding hydrogens is 212 g/mol. The number of aromatic nitrogens is 2. The lowest BCUT2D eigenvalue weighted by atomic mass is 9.98. The molecule has 0 aliphatic carbocycles. The molecule has 0 radical (unpaired) electrons. The van der Waals surface area contributed by atoms with Crippen molar-refractivity contribution in [2.75, 3.05) is 18.0 Å². The normalized spacial score (nSPS) is 25.2. The Balaban J connectivity index is 1.91. The smallest absolute Gasteiger partial charge is 0.0754 e. The van der Waals surface area contributed by atoms with Crippen LogP contribution in [0.2, 0.25) is 0 Å². The standard InChI is InChI=1S/C13H24N4/c1-4-6-14-12-5-7-17(11(2)8-12)13-9-15-16(3)10-13/h9-12,14H,4-8H2,1-3H3. The van der Waals surface area contributed by atoms with Crippen molar-refractivity contribution in [3.05, 3.63) is 12.4 Å². The zero-order valence-corrected chi connectivity index (χ0v) is 11.2. The van der Waals surface area contributed by atoms with Crippen molar-refractivity contribution in [1.29, 1.82) is 0 Å². The van der Waals surface area contributed by atoms with Gasteiger partial charge in [-0.25, -0.2) is 0 Å². The molecule has 1 saturated heterocycles. The van der Waals surface area contributed by atoms with Crippen LogP contribution < -0.4 is 10.2 Å². The zero-order chi connectivity index (χ0) is 12.3. The van der Waals surface area contributed by atoms with Gasteiger partial charge in [-0.05, 0) is 32.7 Å². The first-order valence-electron chi connectivity index (χ1n) is 6.69. The summed E-state index contributed by atoms with van der Waals surface area (Å²) in [5.74, 6) is 0. The topological polar surface area (TPSA) is 33.1 Å². The molecule has 1 aliphatic heterocycles. The predicted molar refractivity (Wildman–Crippen MR) is 71.3 cm³/mol. The highest BCUT2D eigenvalue weighted by atomic mass is 15.3. The Kier molecular flexibility index (Phi) is 4.05. The second-order valence-corrected chi connectivity index (χ2v) is 5.09. The Hall–Kier alpha value is -1.03. The van der Waals surface area contributed by atoms with Gasteiger partial charge in [-0.1, -0.05) is 6.92 Å². The maximum absolute atomic E-state index is 4.25. The molecule has 2 atom stereocenters. The van der Waals surface area contributed by atoms with Crippen LogP contribution in [0.4, 0.5) is 5.69 Å². The van der Waals surface area contributed by atoms with E-state index in [1.807, 2.05) is 17.9 Å². The lowest BCUT2D eigenvalue weighted by Gasteiger charge is -2.38. The monoisotopic (exact) mass is 236 g/mol. The SMILES string of the molecule is CCCNC1CCN(c2cnn(C)c2)C(C)C1. The number of hydrogen-bond donors (Lipinski definition) is 1. The van der Waals surface area contributed by atoms with Gasteiger partial charge in [-0.2, -0.15) is 5.10 Å². The van der Waals surface area contributed by atoms with E-state index in [0.717, 1.165) is 13.1 Å². The number of piperidine rings is 1.